The Hall–Kier alpha value is -2.50. The molecule has 104 valence electrons. The number of fused-ring (bicyclic) bond motifs is 2. The van der Waals surface area contributed by atoms with Gasteiger partial charge < -0.3 is 19.5 Å². The van der Waals surface area contributed by atoms with E-state index in [1.807, 2.05) is 11.8 Å². The molecule has 2 aliphatic rings. The molecule has 2 heterocycles. The molecule has 6 nitrogen and oxygen atoms in total. The Labute approximate surface area is 115 Å². The van der Waals surface area contributed by atoms with Gasteiger partial charge in [0, 0.05) is 19.2 Å². The van der Waals surface area contributed by atoms with Gasteiger partial charge in [-0.3, -0.25) is 4.79 Å². The molecule has 3 rings (SSSR count). The van der Waals surface area contributed by atoms with Gasteiger partial charge in [-0.05, 0) is 19.1 Å². The fourth-order valence-electron chi connectivity index (χ4n) is 2.40. The van der Waals surface area contributed by atoms with Crippen molar-refractivity contribution in [3.05, 3.63) is 29.3 Å². The van der Waals surface area contributed by atoms with Crippen LogP contribution in [0.4, 0.5) is 5.69 Å². The summed E-state index contributed by atoms with van der Waals surface area (Å²) in [6.45, 7) is 3.08. The van der Waals surface area contributed by atoms with E-state index in [4.69, 9.17) is 14.6 Å². The molecule has 2 aliphatic heterocycles. The number of anilines is 1. The average Bonchev–Trinajstić information content (AvgIpc) is 2.83. The van der Waals surface area contributed by atoms with Crippen molar-refractivity contribution in [3.8, 4) is 11.5 Å². The van der Waals surface area contributed by atoms with Crippen molar-refractivity contribution in [1.29, 1.82) is 0 Å². The van der Waals surface area contributed by atoms with Crippen LogP contribution in [-0.4, -0.2) is 36.7 Å². The summed E-state index contributed by atoms with van der Waals surface area (Å²) in [6, 6.07) is 3.29. The molecule has 0 unspecified atom stereocenters. The summed E-state index contributed by atoms with van der Waals surface area (Å²) in [6.07, 6.45) is 1.45. The van der Waals surface area contributed by atoms with Crippen LogP contribution in [0, 0.1) is 0 Å². The number of likely N-dealkylation sites (N-methyl/N-ethyl adjacent to an activating group) is 1. The number of carboxylic acids is 1. The molecule has 1 N–H and O–H groups in total. The molecule has 1 aromatic rings. The lowest BCUT2D eigenvalue weighted by Gasteiger charge is -2.22. The molecule has 0 fully saturated rings. The topological polar surface area (TPSA) is 76.1 Å². The van der Waals surface area contributed by atoms with Crippen molar-refractivity contribution in [2.75, 3.05) is 24.8 Å². The first-order chi connectivity index (χ1) is 9.61. The highest BCUT2D eigenvalue weighted by Crippen LogP contribution is 2.40. The van der Waals surface area contributed by atoms with Crippen molar-refractivity contribution < 1.29 is 24.2 Å². The van der Waals surface area contributed by atoms with Gasteiger partial charge in [0.25, 0.3) is 0 Å². The zero-order valence-electron chi connectivity index (χ0n) is 10.9. The Morgan fingerprint density at radius 2 is 2.05 bits per heavy atom. The summed E-state index contributed by atoms with van der Waals surface area (Å²) < 4.78 is 10.6. The molecule has 0 amide bonds. The van der Waals surface area contributed by atoms with Crippen LogP contribution in [0.5, 0.6) is 11.5 Å². The van der Waals surface area contributed by atoms with Crippen molar-refractivity contribution >= 4 is 17.4 Å². The first-order valence-corrected chi connectivity index (χ1v) is 6.28. The van der Waals surface area contributed by atoms with E-state index in [0.29, 0.717) is 35.8 Å². The minimum atomic E-state index is -1.21. The minimum Gasteiger partial charge on any atom is -0.478 e. The van der Waals surface area contributed by atoms with E-state index >= 15 is 0 Å². The molecule has 0 bridgehead atoms. The van der Waals surface area contributed by atoms with Gasteiger partial charge in [0.1, 0.15) is 5.57 Å². The van der Waals surface area contributed by atoms with Gasteiger partial charge in [-0.1, -0.05) is 0 Å². The number of nitrogens with zero attached hydrogens (tertiary/aromatic N) is 1. The highest BCUT2D eigenvalue weighted by molar-refractivity contribution is 6.26. The van der Waals surface area contributed by atoms with E-state index in [1.165, 1.54) is 6.08 Å². The third-order valence-electron chi connectivity index (χ3n) is 3.45. The van der Waals surface area contributed by atoms with Crippen LogP contribution < -0.4 is 14.4 Å². The van der Waals surface area contributed by atoms with Crippen molar-refractivity contribution in [2.24, 2.45) is 0 Å². The average molecular weight is 275 g/mol. The second-order valence-corrected chi connectivity index (χ2v) is 4.51. The number of ether oxygens (including phenoxy) is 2. The van der Waals surface area contributed by atoms with E-state index in [-0.39, 0.29) is 12.4 Å². The number of hydrogen-bond acceptors (Lipinski definition) is 5. The van der Waals surface area contributed by atoms with Crippen LogP contribution in [0.2, 0.25) is 0 Å². The Balaban J connectivity index is 2.18. The third-order valence-corrected chi connectivity index (χ3v) is 3.45. The molecule has 0 saturated carbocycles. The van der Waals surface area contributed by atoms with Crippen LogP contribution in [-0.2, 0) is 4.79 Å². The quantitative estimate of drug-likeness (QED) is 0.823. The number of ketones is 1. The fourth-order valence-corrected chi connectivity index (χ4v) is 2.40. The number of carbonyl (C=O) groups is 2. The Morgan fingerprint density at radius 3 is 2.70 bits per heavy atom. The van der Waals surface area contributed by atoms with E-state index in [2.05, 4.69) is 0 Å². The number of aliphatic carboxylic acids is 1. The summed E-state index contributed by atoms with van der Waals surface area (Å²) in [4.78, 5) is 25.5. The maximum Gasteiger partial charge on any atom is 0.339 e. The first kappa shape index (κ1) is 12.5. The van der Waals surface area contributed by atoms with Crippen molar-refractivity contribution in [1.82, 2.24) is 0 Å². The Morgan fingerprint density at radius 1 is 1.35 bits per heavy atom. The predicted octanol–water partition coefficient (Wildman–Crippen LogP) is 1.45. The summed E-state index contributed by atoms with van der Waals surface area (Å²) in [7, 11) is 0. The summed E-state index contributed by atoms with van der Waals surface area (Å²) >= 11 is 0. The maximum atomic E-state index is 12.4. The lowest BCUT2D eigenvalue weighted by Crippen LogP contribution is -2.23. The highest BCUT2D eigenvalue weighted by atomic mass is 16.7. The highest BCUT2D eigenvalue weighted by Gasteiger charge is 2.29. The van der Waals surface area contributed by atoms with Crippen molar-refractivity contribution in [2.45, 2.75) is 6.92 Å². The van der Waals surface area contributed by atoms with E-state index in [9.17, 15) is 9.59 Å². The number of Topliss-reactive ketones (excluding diaryl/α,β-unsaturated/α-hetero) is 1. The van der Waals surface area contributed by atoms with Gasteiger partial charge in [-0.2, -0.15) is 0 Å². The molecule has 0 saturated heterocycles. The third kappa shape index (κ3) is 1.80. The second kappa shape index (κ2) is 4.56. The predicted molar refractivity (Wildman–Crippen MR) is 70.5 cm³/mol. The van der Waals surface area contributed by atoms with Crippen LogP contribution in [0.3, 0.4) is 0 Å². The molecule has 0 radical (unpaired) electrons. The molecule has 0 spiro atoms. The first-order valence-electron chi connectivity index (χ1n) is 6.28. The zero-order chi connectivity index (χ0) is 14.3. The summed E-state index contributed by atoms with van der Waals surface area (Å²) in [5.74, 6) is -0.660. The lowest BCUT2D eigenvalue weighted by atomic mass is 10.0. The van der Waals surface area contributed by atoms with Crippen LogP contribution >= 0.6 is 0 Å². The van der Waals surface area contributed by atoms with Crippen molar-refractivity contribution in [3.63, 3.8) is 0 Å². The standard InChI is InChI=1S/C14H13NO5/c1-2-15-4-3-8(14(17)18)13(16)9-5-11-12(6-10(9)15)20-7-19-11/h3,5-6H,2,4,7H2,1H3,(H,17,18). The largest absolute Gasteiger partial charge is 0.478 e. The second-order valence-electron chi connectivity index (χ2n) is 4.51. The Kier molecular flexibility index (Phi) is 2.85. The SMILES string of the molecule is CCN1CC=C(C(=O)O)C(=O)c2cc3c(cc21)OCO3. The van der Waals surface area contributed by atoms with Crippen LogP contribution in [0.1, 0.15) is 17.3 Å². The summed E-state index contributed by atoms with van der Waals surface area (Å²) in [5.41, 5.74) is 0.803. The minimum absolute atomic E-state index is 0.111. The monoisotopic (exact) mass is 275 g/mol. The molecular formula is C14H13NO5. The van der Waals surface area contributed by atoms with E-state index < -0.39 is 11.8 Å². The van der Waals surface area contributed by atoms with E-state index in [0.717, 1.165) is 0 Å². The molecule has 0 aliphatic carbocycles. The van der Waals surface area contributed by atoms with Gasteiger partial charge in [0.2, 0.25) is 12.6 Å². The maximum absolute atomic E-state index is 12.4. The normalized spacial score (nSPS) is 16.6. The summed E-state index contributed by atoms with van der Waals surface area (Å²) in [5, 5.41) is 9.15. The van der Waals surface area contributed by atoms with Crippen LogP contribution in [0.15, 0.2) is 23.8 Å². The molecule has 0 atom stereocenters. The van der Waals surface area contributed by atoms with Crippen LogP contribution in [0.25, 0.3) is 0 Å². The van der Waals surface area contributed by atoms with Gasteiger partial charge in [0.05, 0.1) is 11.3 Å². The van der Waals surface area contributed by atoms with Gasteiger partial charge in [-0.15, -0.1) is 0 Å². The number of hydrogen-bond donors (Lipinski definition) is 1. The Bertz CT molecular complexity index is 635. The number of carbonyl (C=O) groups excluding carboxylic acids is 1. The molecular weight excluding hydrogens is 262 g/mol. The lowest BCUT2D eigenvalue weighted by molar-refractivity contribution is -0.132. The smallest absolute Gasteiger partial charge is 0.339 e. The number of benzene rings is 1. The van der Waals surface area contributed by atoms with Gasteiger partial charge in [-0.25, -0.2) is 4.79 Å². The molecule has 20 heavy (non-hydrogen) atoms. The zero-order valence-corrected chi connectivity index (χ0v) is 10.9. The van der Waals surface area contributed by atoms with Gasteiger partial charge in [0.15, 0.2) is 11.5 Å². The number of rotatable bonds is 2. The molecule has 1 aromatic carbocycles. The fraction of sp³-hybridized carbons (Fsp3) is 0.286. The van der Waals surface area contributed by atoms with Gasteiger partial charge >= 0.3 is 5.97 Å². The van der Waals surface area contributed by atoms with E-state index in [1.54, 1.807) is 12.1 Å². The number of carboxylic acid groups (broad SMARTS) is 1. The molecule has 0 aromatic heterocycles. The molecule has 6 heteroatoms.